The standard InChI is InChI=1S/C28H28Cl2N2O5S/c1-5-16-32(23-13-9-21(29)10-14-23)38(35,36)25-17-19(6-15-24(25)30)27(34)37-18-26(33)31-22-11-7-20(8-12-22)28(2,3)4/h5-15,17H,1,16,18H2,2-4H3,(H,31,33). The van der Waals surface area contributed by atoms with E-state index in [-0.39, 0.29) is 27.4 Å². The Hall–Kier alpha value is -3.33. The molecule has 0 unspecified atom stereocenters. The molecule has 38 heavy (non-hydrogen) atoms. The van der Waals surface area contributed by atoms with Gasteiger partial charge in [-0.2, -0.15) is 0 Å². The number of rotatable bonds is 9. The molecule has 1 amide bonds. The van der Waals surface area contributed by atoms with Crippen molar-refractivity contribution < 1.29 is 22.7 Å². The number of sulfonamides is 1. The van der Waals surface area contributed by atoms with Crippen molar-refractivity contribution in [1.82, 2.24) is 0 Å². The number of carbonyl (C=O) groups excluding carboxylic acids is 2. The first-order valence-electron chi connectivity index (χ1n) is 11.6. The van der Waals surface area contributed by atoms with Gasteiger partial charge < -0.3 is 10.1 Å². The van der Waals surface area contributed by atoms with Crippen LogP contribution in [0.4, 0.5) is 11.4 Å². The topological polar surface area (TPSA) is 92.8 Å². The van der Waals surface area contributed by atoms with Gasteiger partial charge in [-0.1, -0.05) is 62.2 Å². The lowest BCUT2D eigenvalue weighted by Crippen LogP contribution is -2.31. The highest BCUT2D eigenvalue weighted by atomic mass is 35.5. The maximum atomic E-state index is 13.5. The number of carbonyl (C=O) groups is 2. The summed E-state index contributed by atoms with van der Waals surface area (Å²) >= 11 is 12.2. The van der Waals surface area contributed by atoms with E-state index in [0.29, 0.717) is 16.4 Å². The minimum atomic E-state index is -4.20. The molecule has 0 heterocycles. The number of esters is 1. The second-order valence-corrected chi connectivity index (χ2v) is 12.1. The molecule has 7 nitrogen and oxygen atoms in total. The fourth-order valence-electron chi connectivity index (χ4n) is 3.48. The number of nitrogens with one attached hydrogen (secondary N) is 1. The molecule has 0 atom stereocenters. The maximum Gasteiger partial charge on any atom is 0.338 e. The summed E-state index contributed by atoms with van der Waals surface area (Å²) in [5.41, 5.74) is 1.90. The summed E-state index contributed by atoms with van der Waals surface area (Å²) in [5.74, 6) is -1.42. The number of amides is 1. The van der Waals surface area contributed by atoms with E-state index in [1.165, 1.54) is 18.2 Å². The lowest BCUT2D eigenvalue weighted by molar-refractivity contribution is -0.119. The van der Waals surface area contributed by atoms with Gasteiger partial charge in [-0.05, 0) is 65.6 Å². The fraction of sp³-hybridized carbons (Fsp3) is 0.214. The summed E-state index contributed by atoms with van der Waals surface area (Å²) in [7, 11) is -4.20. The van der Waals surface area contributed by atoms with Crippen molar-refractivity contribution >= 4 is 56.5 Å². The molecule has 3 rings (SSSR count). The molecule has 3 aromatic rings. The van der Waals surface area contributed by atoms with E-state index in [9.17, 15) is 18.0 Å². The molecule has 0 aliphatic heterocycles. The van der Waals surface area contributed by atoms with Crippen molar-refractivity contribution in [2.75, 3.05) is 22.8 Å². The van der Waals surface area contributed by atoms with Gasteiger partial charge in [0.1, 0.15) is 4.90 Å². The van der Waals surface area contributed by atoms with Crippen LogP contribution in [-0.2, 0) is 25.0 Å². The quantitative estimate of drug-likeness (QED) is 0.233. The van der Waals surface area contributed by atoms with Gasteiger partial charge in [-0.25, -0.2) is 13.2 Å². The highest BCUT2D eigenvalue weighted by molar-refractivity contribution is 7.93. The van der Waals surface area contributed by atoms with Crippen molar-refractivity contribution in [3.8, 4) is 0 Å². The Labute approximate surface area is 233 Å². The zero-order valence-electron chi connectivity index (χ0n) is 21.2. The van der Waals surface area contributed by atoms with Crippen LogP contribution in [0.3, 0.4) is 0 Å². The first kappa shape index (κ1) is 29.2. The summed E-state index contributed by atoms with van der Waals surface area (Å²) in [6.07, 6.45) is 1.42. The van der Waals surface area contributed by atoms with Gasteiger partial charge in [0.2, 0.25) is 0 Å². The number of hydrogen-bond donors (Lipinski definition) is 1. The molecular weight excluding hydrogens is 547 g/mol. The van der Waals surface area contributed by atoms with Crippen molar-refractivity contribution in [3.05, 3.63) is 101 Å². The van der Waals surface area contributed by atoms with Crippen LogP contribution in [0.2, 0.25) is 10.0 Å². The van der Waals surface area contributed by atoms with Crippen LogP contribution < -0.4 is 9.62 Å². The molecule has 200 valence electrons. The normalized spacial score (nSPS) is 11.5. The smallest absolute Gasteiger partial charge is 0.338 e. The number of hydrogen-bond acceptors (Lipinski definition) is 5. The van der Waals surface area contributed by atoms with E-state index in [4.69, 9.17) is 27.9 Å². The minimum Gasteiger partial charge on any atom is -0.452 e. The Morgan fingerprint density at radius 1 is 1.00 bits per heavy atom. The third kappa shape index (κ3) is 7.16. The fourth-order valence-corrected chi connectivity index (χ4v) is 5.54. The van der Waals surface area contributed by atoms with Crippen molar-refractivity contribution in [2.24, 2.45) is 0 Å². The highest BCUT2D eigenvalue weighted by Gasteiger charge is 2.28. The maximum absolute atomic E-state index is 13.5. The molecule has 1 N–H and O–H groups in total. The molecule has 0 fully saturated rings. The van der Waals surface area contributed by atoms with E-state index >= 15 is 0 Å². The summed E-state index contributed by atoms with van der Waals surface area (Å²) in [6, 6.07) is 17.3. The molecule has 0 bridgehead atoms. The van der Waals surface area contributed by atoms with Gasteiger partial charge in [0.05, 0.1) is 22.8 Å². The third-order valence-corrected chi connectivity index (χ3v) is 8.04. The average Bonchev–Trinajstić information content (AvgIpc) is 2.86. The summed E-state index contributed by atoms with van der Waals surface area (Å²) in [5, 5.41) is 3.03. The second-order valence-electron chi connectivity index (χ2n) is 9.40. The molecule has 0 aromatic heterocycles. The predicted octanol–water partition coefficient (Wildman–Crippen LogP) is 6.47. The molecule has 10 heteroatoms. The first-order chi connectivity index (χ1) is 17.8. The molecule has 0 aliphatic carbocycles. The van der Waals surface area contributed by atoms with Gasteiger partial charge in [-0.15, -0.1) is 6.58 Å². The van der Waals surface area contributed by atoms with Crippen molar-refractivity contribution in [1.29, 1.82) is 0 Å². The van der Waals surface area contributed by atoms with Crippen molar-refractivity contribution in [2.45, 2.75) is 31.1 Å². The monoisotopic (exact) mass is 574 g/mol. The molecule has 0 spiro atoms. The van der Waals surface area contributed by atoms with Gasteiger partial charge in [-0.3, -0.25) is 9.10 Å². The third-order valence-electron chi connectivity index (χ3n) is 5.51. The van der Waals surface area contributed by atoms with Crippen molar-refractivity contribution in [3.63, 3.8) is 0 Å². The number of anilines is 2. The molecular formula is C28H28Cl2N2O5S. The highest BCUT2D eigenvalue weighted by Crippen LogP contribution is 2.30. The van der Waals surface area contributed by atoms with E-state index in [1.807, 2.05) is 12.1 Å². The minimum absolute atomic E-state index is 0.0273. The molecule has 0 aliphatic rings. The van der Waals surface area contributed by atoms with E-state index in [0.717, 1.165) is 15.9 Å². The van der Waals surface area contributed by atoms with Gasteiger partial charge in [0.15, 0.2) is 6.61 Å². The summed E-state index contributed by atoms with van der Waals surface area (Å²) < 4.78 is 33.2. The summed E-state index contributed by atoms with van der Waals surface area (Å²) in [4.78, 5) is 24.7. The van der Waals surface area contributed by atoms with Gasteiger partial charge >= 0.3 is 5.97 Å². The van der Waals surface area contributed by atoms with Crippen LogP contribution in [0.5, 0.6) is 0 Å². The zero-order valence-corrected chi connectivity index (χ0v) is 23.5. The molecule has 0 saturated heterocycles. The Morgan fingerprint density at radius 2 is 1.63 bits per heavy atom. The van der Waals surface area contributed by atoms with Crippen LogP contribution in [0.25, 0.3) is 0 Å². The van der Waals surface area contributed by atoms with Crippen LogP contribution in [0.1, 0.15) is 36.7 Å². The molecule has 3 aromatic carbocycles. The van der Waals surface area contributed by atoms with E-state index in [1.54, 1.807) is 36.4 Å². The number of benzene rings is 3. The summed E-state index contributed by atoms with van der Waals surface area (Å²) in [6.45, 7) is 9.28. The molecule has 0 radical (unpaired) electrons. The number of nitrogens with zero attached hydrogens (tertiary/aromatic N) is 1. The second kappa shape index (κ2) is 12.0. The van der Waals surface area contributed by atoms with Gasteiger partial charge in [0, 0.05) is 10.7 Å². The van der Waals surface area contributed by atoms with Crippen LogP contribution in [0.15, 0.2) is 84.3 Å². The van der Waals surface area contributed by atoms with E-state index in [2.05, 4.69) is 32.7 Å². The predicted molar refractivity (Wildman–Crippen MR) is 152 cm³/mol. The largest absolute Gasteiger partial charge is 0.452 e. The zero-order chi connectivity index (χ0) is 28.1. The number of ether oxygens (including phenoxy) is 1. The SMILES string of the molecule is C=CCN(c1ccc(Cl)cc1)S(=O)(=O)c1cc(C(=O)OCC(=O)Nc2ccc(C(C)(C)C)cc2)ccc1Cl. The first-order valence-corrected chi connectivity index (χ1v) is 13.8. The lowest BCUT2D eigenvalue weighted by Gasteiger charge is -2.24. The Bertz CT molecular complexity index is 1430. The lowest BCUT2D eigenvalue weighted by atomic mass is 9.87. The Balaban J connectivity index is 1.74. The van der Waals surface area contributed by atoms with Crippen LogP contribution in [0, 0.1) is 0 Å². The Kier molecular flexibility index (Phi) is 9.25. The average molecular weight is 576 g/mol. The van der Waals surface area contributed by atoms with Gasteiger partial charge in [0.25, 0.3) is 15.9 Å². The van der Waals surface area contributed by atoms with Crippen LogP contribution in [-0.4, -0.2) is 33.4 Å². The van der Waals surface area contributed by atoms with E-state index < -0.39 is 28.5 Å². The Morgan fingerprint density at radius 3 is 2.21 bits per heavy atom. The van der Waals surface area contributed by atoms with Crippen LogP contribution >= 0.6 is 23.2 Å². The number of halogens is 2. The molecule has 0 saturated carbocycles.